The minimum Gasteiger partial charge on any atom is -0.336 e. The van der Waals surface area contributed by atoms with E-state index in [0.717, 1.165) is 49.3 Å². The molecular formula is C19H25N5O2. The Labute approximate surface area is 152 Å². The number of fused-ring (bicyclic) bond motifs is 2. The van der Waals surface area contributed by atoms with Crippen LogP contribution >= 0.6 is 0 Å². The maximum absolute atomic E-state index is 12.8. The molecule has 1 spiro atoms. The average Bonchev–Trinajstić information content (AvgIpc) is 3.23. The van der Waals surface area contributed by atoms with Crippen molar-refractivity contribution >= 4 is 5.91 Å². The molecular weight excluding hydrogens is 330 g/mol. The molecule has 2 aliphatic rings. The minimum absolute atomic E-state index is 0.0196. The van der Waals surface area contributed by atoms with E-state index in [9.17, 15) is 9.59 Å². The molecule has 138 valence electrons. The number of hydrogen-bond donors (Lipinski definition) is 2. The molecule has 2 aromatic rings. The summed E-state index contributed by atoms with van der Waals surface area (Å²) in [6.45, 7) is 7.48. The minimum atomic E-state index is -0.224. The summed E-state index contributed by atoms with van der Waals surface area (Å²) in [5, 5.41) is 6.64. The van der Waals surface area contributed by atoms with Crippen molar-refractivity contribution in [3.05, 3.63) is 45.4 Å². The molecule has 1 fully saturated rings. The van der Waals surface area contributed by atoms with Crippen LogP contribution in [0.4, 0.5) is 0 Å². The Balaban J connectivity index is 1.72. The van der Waals surface area contributed by atoms with Crippen LogP contribution in [0.2, 0.25) is 0 Å². The summed E-state index contributed by atoms with van der Waals surface area (Å²) in [7, 11) is 0. The van der Waals surface area contributed by atoms with E-state index in [2.05, 4.69) is 15.2 Å². The molecule has 1 saturated heterocycles. The number of aromatic nitrogens is 4. The van der Waals surface area contributed by atoms with Crippen LogP contribution in [0.1, 0.15) is 67.6 Å². The first kappa shape index (κ1) is 17.0. The van der Waals surface area contributed by atoms with Crippen LogP contribution in [0.25, 0.3) is 0 Å². The van der Waals surface area contributed by atoms with Crippen LogP contribution in [0.3, 0.4) is 0 Å². The number of carbonyl (C=O) groups excluding carboxylic acids is 1. The Morgan fingerprint density at radius 1 is 1.31 bits per heavy atom. The molecule has 1 amide bonds. The van der Waals surface area contributed by atoms with Gasteiger partial charge < -0.3 is 9.88 Å². The van der Waals surface area contributed by atoms with E-state index >= 15 is 0 Å². The Bertz CT molecular complexity index is 894. The topological polar surface area (TPSA) is 94.7 Å². The van der Waals surface area contributed by atoms with Gasteiger partial charge in [-0.25, -0.2) is 4.98 Å². The van der Waals surface area contributed by atoms with Crippen LogP contribution in [-0.2, 0) is 17.3 Å². The molecule has 26 heavy (non-hydrogen) atoms. The Kier molecular flexibility index (Phi) is 3.78. The van der Waals surface area contributed by atoms with Crippen molar-refractivity contribution in [3.63, 3.8) is 0 Å². The summed E-state index contributed by atoms with van der Waals surface area (Å²) in [6, 6.07) is 1.70. The van der Waals surface area contributed by atoms with Gasteiger partial charge in [0.2, 0.25) is 0 Å². The van der Waals surface area contributed by atoms with Crippen molar-refractivity contribution in [2.45, 2.75) is 57.3 Å². The Morgan fingerprint density at radius 2 is 2.12 bits per heavy atom. The van der Waals surface area contributed by atoms with E-state index in [1.54, 1.807) is 12.3 Å². The molecule has 2 N–H and O–H groups in total. The molecule has 4 rings (SSSR count). The zero-order valence-electron chi connectivity index (χ0n) is 15.6. The lowest BCUT2D eigenvalue weighted by Gasteiger charge is -2.40. The first-order chi connectivity index (χ1) is 12.3. The molecule has 0 bridgehead atoms. The molecule has 1 aliphatic carbocycles. The van der Waals surface area contributed by atoms with Crippen molar-refractivity contribution in [1.82, 2.24) is 25.1 Å². The summed E-state index contributed by atoms with van der Waals surface area (Å²) in [6.07, 6.45) is 5.08. The molecule has 2 aromatic heterocycles. The van der Waals surface area contributed by atoms with Crippen molar-refractivity contribution in [2.75, 3.05) is 13.1 Å². The predicted molar refractivity (Wildman–Crippen MR) is 97.3 cm³/mol. The van der Waals surface area contributed by atoms with E-state index in [-0.39, 0.29) is 22.3 Å². The Hall–Kier alpha value is -2.44. The molecule has 0 aromatic carbocycles. The van der Waals surface area contributed by atoms with Gasteiger partial charge in [-0.15, -0.1) is 0 Å². The van der Waals surface area contributed by atoms with Gasteiger partial charge in [-0.2, -0.15) is 5.10 Å². The summed E-state index contributed by atoms with van der Waals surface area (Å²) in [4.78, 5) is 35.1. The third-order valence-electron chi connectivity index (χ3n) is 5.68. The number of hydrogen-bond acceptors (Lipinski definition) is 4. The van der Waals surface area contributed by atoms with Crippen molar-refractivity contribution < 1.29 is 4.79 Å². The van der Waals surface area contributed by atoms with Gasteiger partial charge in [0.1, 0.15) is 11.5 Å². The largest absolute Gasteiger partial charge is 0.336 e. The van der Waals surface area contributed by atoms with Gasteiger partial charge in [-0.05, 0) is 31.7 Å². The van der Waals surface area contributed by atoms with Gasteiger partial charge in [0.15, 0.2) is 0 Å². The molecule has 0 radical (unpaired) electrons. The first-order valence-corrected chi connectivity index (χ1v) is 9.23. The van der Waals surface area contributed by atoms with E-state index in [0.29, 0.717) is 12.2 Å². The Morgan fingerprint density at radius 3 is 2.81 bits per heavy atom. The van der Waals surface area contributed by atoms with Crippen LogP contribution in [-0.4, -0.2) is 44.1 Å². The molecule has 7 nitrogen and oxygen atoms in total. The highest BCUT2D eigenvalue weighted by Crippen LogP contribution is 2.43. The van der Waals surface area contributed by atoms with Crippen LogP contribution in [0.5, 0.6) is 0 Å². The van der Waals surface area contributed by atoms with Crippen LogP contribution < -0.4 is 5.56 Å². The molecule has 1 atom stereocenters. The molecule has 0 saturated carbocycles. The fraction of sp³-hybridized carbons (Fsp3) is 0.579. The predicted octanol–water partition coefficient (Wildman–Crippen LogP) is 1.91. The fourth-order valence-corrected chi connectivity index (χ4v) is 4.25. The summed E-state index contributed by atoms with van der Waals surface area (Å²) in [5.74, 6) is 0.690. The van der Waals surface area contributed by atoms with Crippen molar-refractivity contribution in [1.29, 1.82) is 0 Å². The third-order valence-corrected chi connectivity index (χ3v) is 5.68. The third kappa shape index (κ3) is 2.66. The van der Waals surface area contributed by atoms with Crippen LogP contribution in [0, 0.1) is 0 Å². The summed E-state index contributed by atoms with van der Waals surface area (Å²) in [5.41, 5.74) is 1.76. The van der Waals surface area contributed by atoms with E-state index in [4.69, 9.17) is 4.98 Å². The van der Waals surface area contributed by atoms with Gasteiger partial charge >= 0.3 is 0 Å². The van der Waals surface area contributed by atoms with E-state index in [1.807, 2.05) is 25.7 Å². The quantitative estimate of drug-likeness (QED) is 0.817. The normalized spacial score (nSPS) is 22.7. The maximum atomic E-state index is 12.8. The lowest BCUT2D eigenvalue weighted by atomic mass is 9.77. The number of rotatable bonds is 1. The lowest BCUT2D eigenvalue weighted by molar-refractivity contribution is 0.0627. The number of carbonyl (C=O) groups is 1. The zero-order chi connectivity index (χ0) is 18.5. The highest BCUT2D eigenvalue weighted by Gasteiger charge is 2.46. The fourth-order valence-electron chi connectivity index (χ4n) is 4.25. The molecule has 7 heteroatoms. The van der Waals surface area contributed by atoms with E-state index in [1.165, 1.54) is 0 Å². The van der Waals surface area contributed by atoms with Gasteiger partial charge in [-0.1, -0.05) is 20.8 Å². The smallest absolute Gasteiger partial charge is 0.271 e. The maximum Gasteiger partial charge on any atom is 0.271 e. The monoisotopic (exact) mass is 355 g/mol. The summed E-state index contributed by atoms with van der Waals surface area (Å²) >= 11 is 0. The van der Waals surface area contributed by atoms with Crippen molar-refractivity contribution in [2.24, 2.45) is 0 Å². The first-order valence-electron chi connectivity index (χ1n) is 9.23. The average molecular weight is 355 g/mol. The van der Waals surface area contributed by atoms with E-state index < -0.39 is 0 Å². The number of nitrogens with zero attached hydrogens (tertiary/aromatic N) is 3. The molecule has 1 aliphatic heterocycles. The number of nitrogens with one attached hydrogen (secondary N) is 2. The summed E-state index contributed by atoms with van der Waals surface area (Å²) < 4.78 is 0. The second kappa shape index (κ2) is 5.79. The number of H-pyrrole nitrogens is 2. The number of likely N-dealkylation sites (tertiary alicyclic amines) is 1. The molecule has 3 heterocycles. The highest BCUT2D eigenvalue weighted by atomic mass is 16.2. The van der Waals surface area contributed by atoms with Gasteiger partial charge in [0.05, 0.1) is 5.69 Å². The van der Waals surface area contributed by atoms with Crippen molar-refractivity contribution in [3.8, 4) is 0 Å². The zero-order valence-corrected chi connectivity index (χ0v) is 15.6. The SMILES string of the molecule is CC(C)(C)c1nc2c(c(=O)[nH]1)CCC21CCCN(C(=O)c2ccn[nH]2)C1. The van der Waals surface area contributed by atoms with Gasteiger partial charge in [0, 0.05) is 35.7 Å². The lowest BCUT2D eigenvalue weighted by Crippen LogP contribution is -2.48. The number of aromatic amines is 2. The van der Waals surface area contributed by atoms with Gasteiger partial charge in [0.25, 0.3) is 11.5 Å². The van der Waals surface area contributed by atoms with Crippen LogP contribution in [0.15, 0.2) is 17.1 Å². The molecule has 1 unspecified atom stereocenters. The second-order valence-electron chi connectivity index (χ2n) is 8.57. The standard InChI is InChI=1S/C19H25N5O2/c1-18(2,3)17-21-14-12(15(25)22-17)5-8-19(14)7-4-10-24(11-19)16(26)13-6-9-20-23-13/h6,9H,4-5,7-8,10-11H2,1-3H3,(H,20,23)(H,21,22,25). The highest BCUT2D eigenvalue weighted by molar-refractivity contribution is 5.92. The number of piperidine rings is 1. The second-order valence-corrected chi connectivity index (χ2v) is 8.57. The van der Waals surface area contributed by atoms with Gasteiger partial charge in [-0.3, -0.25) is 14.7 Å². The number of amides is 1.